The first-order valence-corrected chi connectivity index (χ1v) is 17.0. The Labute approximate surface area is 290 Å². The van der Waals surface area contributed by atoms with Crippen molar-refractivity contribution in [1.29, 1.82) is 0 Å². The summed E-state index contributed by atoms with van der Waals surface area (Å²) in [4.78, 5) is 15.6. The second kappa shape index (κ2) is 11.2. The number of benzene rings is 7. The SMILES string of the molecule is c1ccc(-c2nc(-c3ccccc3)nc(-n3c4ccccc4c4ccc5c(c43)C(c3ccccc3)(c3ccccc3)c3ccccc3-5)n2)cc1. The average Bonchev–Trinajstić information content (AvgIpc) is 3.70. The Bertz CT molecular complexity index is 2590. The Morgan fingerprint density at radius 1 is 0.400 bits per heavy atom. The molecule has 1 aliphatic rings. The predicted octanol–water partition coefficient (Wildman–Crippen LogP) is 10.7. The smallest absolute Gasteiger partial charge is 0.238 e. The molecule has 0 fully saturated rings. The summed E-state index contributed by atoms with van der Waals surface area (Å²) in [6, 6.07) is 64.4. The van der Waals surface area contributed by atoms with Gasteiger partial charge in [0.15, 0.2) is 11.6 Å². The number of para-hydroxylation sites is 1. The maximum atomic E-state index is 5.28. The third-order valence-electron chi connectivity index (χ3n) is 10.1. The van der Waals surface area contributed by atoms with Crippen molar-refractivity contribution in [2.45, 2.75) is 5.41 Å². The number of nitrogens with zero attached hydrogens (tertiary/aromatic N) is 4. The summed E-state index contributed by atoms with van der Waals surface area (Å²) in [6.07, 6.45) is 0. The first-order valence-electron chi connectivity index (χ1n) is 17.0. The van der Waals surface area contributed by atoms with Crippen LogP contribution in [0.1, 0.15) is 22.3 Å². The molecule has 7 aromatic carbocycles. The van der Waals surface area contributed by atoms with Crippen LogP contribution in [0, 0.1) is 0 Å². The molecule has 50 heavy (non-hydrogen) atoms. The summed E-state index contributed by atoms with van der Waals surface area (Å²) in [7, 11) is 0. The van der Waals surface area contributed by atoms with Gasteiger partial charge in [-0.15, -0.1) is 0 Å². The van der Waals surface area contributed by atoms with Crippen molar-refractivity contribution in [3.8, 4) is 39.9 Å². The molecule has 0 saturated carbocycles. The van der Waals surface area contributed by atoms with Gasteiger partial charge in [-0.25, -0.2) is 4.98 Å². The molecule has 0 bridgehead atoms. The van der Waals surface area contributed by atoms with E-state index in [9.17, 15) is 0 Å². The van der Waals surface area contributed by atoms with Gasteiger partial charge in [-0.05, 0) is 33.9 Å². The minimum absolute atomic E-state index is 0.586. The lowest BCUT2D eigenvalue weighted by molar-refractivity contribution is 0.770. The quantitative estimate of drug-likeness (QED) is 0.188. The van der Waals surface area contributed by atoms with E-state index in [0.29, 0.717) is 17.6 Å². The molecular weight excluding hydrogens is 609 g/mol. The van der Waals surface area contributed by atoms with Gasteiger partial charge in [-0.3, -0.25) is 4.57 Å². The summed E-state index contributed by atoms with van der Waals surface area (Å²) in [5.41, 5.74) is 10.8. The highest BCUT2D eigenvalue weighted by molar-refractivity contribution is 6.13. The maximum Gasteiger partial charge on any atom is 0.238 e. The molecule has 0 spiro atoms. The zero-order valence-electron chi connectivity index (χ0n) is 27.1. The minimum Gasteiger partial charge on any atom is -0.277 e. The van der Waals surface area contributed by atoms with Crippen LogP contribution in [-0.2, 0) is 5.41 Å². The van der Waals surface area contributed by atoms with E-state index in [1.54, 1.807) is 0 Å². The van der Waals surface area contributed by atoms with Gasteiger partial charge in [0, 0.05) is 27.5 Å². The summed E-state index contributed by atoms with van der Waals surface area (Å²) in [5.74, 6) is 1.85. The van der Waals surface area contributed by atoms with Crippen molar-refractivity contribution >= 4 is 21.8 Å². The second-order valence-electron chi connectivity index (χ2n) is 12.8. The van der Waals surface area contributed by atoms with Crippen molar-refractivity contribution in [3.63, 3.8) is 0 Å². The highest BCUT2D eigenvalue weighted by Gasteiger charge is 2.48. The fourth-order valence-electron chi connectivity index (χ4n) is 8.09. The molecule has 0 saturated heterocycles. The Kier molecular flexibility index (Phi) is 6.36. The summed E-state index contributed by atoms with van der Waals surface area (Å²) in [6.45, 7) is 0. The van der Waals surface area contributed by atoms with Gasteiger partial charge in [0.25, 0.3) is 0 Å². The number of aromatic nitrogens is 4. The summed E-state index contributed by atoms with van der Waals surface area (Å²) in [5, 5.41) is 2.31. The fourth-order valence-corrected chi connectivity index (χ4v) is 8.09. The van der Waals surface area contributed by atoms with E-state index in [4.69, 9.17) is 15.0 Å². The van der Waals surface area contributed by atoms with E-state index in [-0.39, 0.29) is 0 Å². The van der Waals surface area contributed by atoms with Crippen molar-refractivity contribution in [2.75, 3.05) is 0 Å². The number of hydrogen-bond donors (Lipinski definition) is 0. The molecule has 10 rings (SSSR count). The van der Waals surface area contributed by atoms with Gasteiger partial charge in [0.2, 0.25) is 5.95 Å². The van der Waals surface area contributed by atoms with E-state index in [1.165, 1.54) is 33.4 Å². The highest BCUT2D eigenvalue weighted by Crippen LogP contribution is 2.58. The first kappa shape index (κ1) is 28.4. The number of fused-ring (bicyclic) bond motifs is 7. The van der Waals surface area contributed by atoms with E-state index in [0.717, 1.165) is 32.9 Å². The van der Waals surface area contributed by atoms with Gasteiger partial charge >= 0.3 is 0 Å². The van der Waals surface area contributed by atoms with Crippen LogP contribution in [0.5, 0.6) is 0 Å². The van der Waals surface area contributed by atoms with Crippen LogP contribution in [-0.4, -0.2) is 19.5 Å². The van der Waals surface area contributed by atoms with Gasteiger partial charge < -0.3 is 0 Å². The van der Waals surface area contributed by atoms with Crippen LogP contribution >= 0.6 is 0 Å². The molecule has 2 aromatic heterocycles. The number of hydrogen-bond acceptors (Lipinski definition) is 3. The fraction of sp³-hybridized carbons (Fsp3) is 0.0217. The highest BCUT2D eigenvalue weighted by atomic mass is 15.2. The number of rotatable bonds is 5. The molecule has 0 unspecified atom stereocenters. The van der Waals surface area contributed by atoms with Crippen LogP contribution < -0.4 is 0 Å². The molecule has 1 aliphatic carbocycles. The second-order valence-corrected chi connectivity index (χ2v) is 12.8. The lowest BCUT2D eigenvalue weighted by Crippen LogP contribution is -2.29. The van der Waals surface area contributed by atoms with E-state index >= 15 is 0 Å². The minimum atomic E-state index is -0.600. The van der Waals surface area contributed by atoms with Gasteiger partial charge in [0.1, 0.15) is 0 Å². The van der Waals surface area contributed by atoms with Crippen molar-refractivity contribution in [1.82, 2.24) is 19.5 Å². The molecule has 0 amide bonds. The van der Waals surface area contributed by atoms with E-state index < -0.39 is 5.41 Å². The Morgan fingerprint density at radius 3 is 1.54 bits per heavy atom. The summed E-state index contributed by atoms with van der Waals surface area (Å²) < 4.78 is 2.29. The Morgan fingerprint density at radius 2 is 0.920 bits per heavy atom. The van der Waals surface area contributed by atoms with Crippen molar-refractivity contribution < 1.29 is 0 Å². The molecule has 2 heterocycles. The molecule has 0 radical (unpaired) electrons. The van der Waals surface area contributed by atoms with Gasteiger partial charge in [0.05, 0.1) is 16.4 Å². The van der Waals surface area contributed by atoms with Crippen molar-refractivity contribution in [2.24, 2.45) is 0 Å². The largest absolute Gasteiger partial charge is 0.277 e. The van der Waals surface area contributed by atoms with Gasteiger partial charge in [-0.2, -0.15) is 9.97 Å². The molecule has 9 aromatic rings. The molecule has 4 nitrogen and oxygen atoms in total. The van der Waals surface area contributed by atoms with Crippen LogP contribution in [0.15, 0.2) is 182 Å². The zero-order chi connectivity index (χ0) is 33.1. The van der Waals surface area contributed by atoms with Gasteiger partial charge in [-0.1, -0.05) is 176 Å². The van der Waals surface area contributed by atoms with Crippen molar-refractivity contribution in [3.05, 3.63) is 204 Å². The first-order chi connectivity index (χ1) is 24.8. The molecule has 0 N–H and O–H groups in total. The van der Waals surface area contributed by atoms with Crippen LogP contribution in [0.2, 0.25) is 0 Å². The topological polar surface area (TPSA) is 43.6 Å². The Balaban J connectivity index is 1.40. The zero-order valence-corrected chi connectivity index (χ0v) is 27.1. The lowest BCUT2D eigenvalue weighted by atomic mass is 9.67. The lowest BCUT2D eigenvalue weighted by Gasteiger charge is -2.34. The average molecular weight is 639 g/mol. The molecule has 4 heteroatoms. The maximum absolute atomic E-state index is 5.28. The summed E-state index contributed by atoms with van der Waals surface area (Å²) >= 11 is 0. The van der Waals surface area contributed by atoms with Crippen LogP contribution in [0.3, 0.4) is 0 Å². The third-order valence-corrected chi connectivity index (χ3v) is 10.1. The molecule has 234 valence electrons. The van der Waals surface area contributed by atoms with Crippen LogP contribution in [0.4, 0.5) is 0 Å². The van der Waals surface area contributed by atoms with Crippen LogP contribution in [0.25, 0.3) is 61.7 Å². The third kappa shape index (κ3) is 4.09. The van der Waals surface area contributed by atoms with E-state index in [1.807, 2.05) is 36.4 Å². The predicted molar refractivity (Wildman–Crippen MR) is 202 cm³/mol. The molecular formula is C46H30N4. The Hall–Kier alpha value is -6.65. The standard InChI is InChI=1S/C46H30N4/c1-5-17-31(18-6-1)43-47-44(32-19-7-2-8-20-32)49-45(48-43)50-40-28-16-14-26-36(40)38-30-29-37-35-25-13-15-27-39(35)46(41(37)42(38)50,33-21-9-3-10-22-33)34-23-11-4-12-24-34/h1-30H. The molecule has 0 aliphatic heterocycles. The normalized spacial score (nSPS) is 13.0. The molecule has 0 atom stereocenters. The van der Waals surface area contributed by atoms with E-state index in [2.05, 4.69) is 150 Å². The monoisotopic (exact) mass is 638 g/mol.